The molecule has 0 bridgehead atoms. The number of nitro groups is 1. The maximum Gasteiger partial charge on any atom is 0.304 e. The summed E-state index contributed by atoms with van der Waals surface area (Å²) in [4.78, 5) is 10.1. The average molecular weight is 297 g/mol. The maximum atomic E-state index is 13.4. The van der Waals surface area contributed by atoms with Gasteiger partial charge in [-0.3, -0.25) is 14.3 Å². The van der Waals surface area contributed by atoms with Crippen LogP contribution in [0.5, 0.6) is 0 Å². The molecule has 0 saturated heterocycles. The van der Waals surface area contributed by atoms with E-state index in [1.165, 1.54) is 30.3 Å². The summed E-state index contributed by atoms with van der Waals surface area (Å²) >= 11 is 0. The number of rotatable bonds is 4. The van der Waals surface area contributed by atoms with Gasteiger partial charge in [0.15, 0.2) is 0 Å². The Hall–Kier alpha value is -2.15. The van der Waals surface area contributed by atoms with Crippen molar-refractivity contribution in [1.82, 2.24) is 0 Å². The van der Waals surface area contributed by atoms with Gasteiger partial charge in [0.25, 0.3) is 0 Å². The quantitative estimate of drug-likeness (QED) is 0.643. The van der Waals surface area contributed by atoms with Crippen LogP contribution >= 0.6 is 0 Å². The highest BCUT2D eigenvalue weighted by molar-refractivity contribution is 7.84. The molecule has 0 amide bonds. The van der Waals surface area contributed by atoms with E-state index in [1.54, 1.807) is 0 Å². The number of hydrogen-bond donors (Lipinski definition) is 0. The Labute approximate surface area is 115 Å². The fourth-order valence-corrected chi connectivity index (χ4v) is 2.70. The van der Waals surface area contributed by atoms with Crippen LogP contribution < -0.4 is 0 Å². The lowest BCUT2D eigenvalue weighted by atomic mass is 10.2. The minimum atomic E-state index is -1.47. The summed E-state index contributed by atoms with van der Waals surface area (Å²) in [5.41, 5.74) is -0.253. The Kier molecular flexibility index (Phi) is 4.19. The first kappa shape index (κ1) is 14.3. The van der Waals surface area contributed by atoms with Crippen LogP contribution in [-0.2, 0) is 16.6 Å². The second kappa shape index (κ2) is 5.87. The molecule has 0 spiro atoms. The minimum absolute atomic E-state index is 0.000542. The molecule has 0 radical (unpaired) electrons. The largest absolute Gasteiger partial charge is 0.304 e. The fourth-order valence-electron chi connectivity index (χ4n) is 1.61. The van der Waals surface area contributed by atoms with Crippen molar-refractivity contribution in [3.8, 4) is 0 Å². The summed E-state index contributed by atoms with van der Waals surface area (Å²) in [5, 5.41) is 10.5. The molecule has 104 valence electrons. The third kappa shape index (κ3) is 3.24. The maximum absolute atomic E-state index is 13.4. The predicted octanol–water partition coefficient (Wildman–Crippen LogP) is 3.18. The molecule has 0 aliphatic heterocycles. The van der Waals surface area contributed by atoms with E-state index in [9.17, 15) is 23.1 Å². The third-order valence-electron chi connectivity index (χ3n) is 2.58. The van der Waals surface area contributed by atoms with Gasteiger partial charge in [0, 0.05) is 11.0 Å². The summed E-state index contributed by atoms with van der Waals surface area (Å²) in [6.45, 7) is 0. The van der Waals surface area contributed by atoms with E-state index in [2.05, 4.69) is 0 Å². The fraction of sp³-hybridized carbons (Fsp3) is 0.0769. The van der Waals surface area contributed by atoms with Gasteiger partial charge in [-0.05, 0) is 35.9 Å². The third-order valence-corrected chi connectivity index (χ3v) is 3.98. The second-order valence-corrected chi connectivity index (χ2v) is 5.44. The van der Waals surface area contributed by atoms with Gasteiger partial charge in [-0.25, -0.2) is 4.39 Å². The van der Waals surface area contributed by atoms with Crippen LogP contribution in [-0.4, -0.2) is 9.13 Å². The molecule has 0 fully saturated rings. The van der Waals surface area contributed by atoms with Crippen molar-refractivity contribution in [3.63, 3.8) is 0 Å². The van der Waals surface area contributed by atoms with Gasteiger partial charge in [-0.15, -0.1) is 0 Å². The molecule has 0 aliphatic carbocycles. The number of nitrogens with zero attached hydrogens (tertiary/aromatic N) is 1. The molecule has 7 heteroatoms. The number of nitro benzene ring substituents is 1. The molecular weight excluding hydrogens is 288 g/mol. The van der Waals surface area contributed by atoms with Crippen LogP contribution in [0.3, 0.4) is 0 Å². The molecule has 0 N–H and O–H groups in total. The van der Waals surface area contributed by atoms with Gasteiger partial charge >= 0.3 is 5.69 Å². The smallest absolute Gasteiger partial charge is 0.258 e. The molecular formula is C13H9F2NO3S. The van der Waals surface area contributed by atoms with Crippen LogP contribution in [0.1, 0.15) is 5.56 Å². The molecule has 4 nitrogen and oxygen atoms in total. The number of benzene rings is 2. The van der Waals surface area contributed by atoms with Crippen molar-refractivity contribution in [2.45, 2.75) is 10.6 Å². The summed E-state index contributed by atoms with van der Waals surface area (Å²) in [6.07, 6.45) is 0. The van der Waals surface area contributed by atoms with Gasteiger partial charge in [0.05, 0.1) is 21.5 Å². The summed E-state index contributed by atoms with van der Waals surface area (Å²) in [6, 6.07) is 8.50. The monoisotopic (exact) mass is 297 g/mol. The lowest BCUT2D eigenvalue weighted by Gasteiger charge is -2.03. The molecule has 2 aromatic carbocycles. The van der Waals surface area contributed by atoms with E-state index in [0.29, 0.717) is 10.5 Å². The standard InChI is InChI=1S/C13H9F2NO3S/c14-10-2-4-11(5-3-10)20(19)8-9-1-6-13(16(17)18)12(15)7-9/h1-7H,8H2. The zero-order valence-electron chi connectivity index (χ0n) is 10.1. The topological polar surface area (TPSA) is 60.2 Å². The van der Waals surface area contributed by atoms with Crippen molar-refractivity contribution in [2.24, 2.45) is 0 Å². The van der Waals surface area contributed by atoms with Crippen molar-refractivity contribution < 1.29 is 17.9 Å². The van der Waals surface area contributed by atoms with E-state index in [1.807, 2.05) is 0 Å². The summed E-state index contributed by atoms with van der Waals surface area (Å²) in [5.74, 6) is -1.41. The number of hydrogen-bond acceptors (Lipinski definition) is 3. The van der Waals surface area contributed by atoms with Gasteiger partial charge in [-0.1, -0.05) is 6.07 Å². The van der Waals surface area contributed by atoms with Gasteiger partial charge in [0.1, 0.15) is 5.82 Å². The van der Waals surface area contributed by atoms with Gasteiger partial charge in [-0.2, -0.15) is 4.39 Å². The van der Waals surface area contributed by atoms with E-state index < -0.39 is 33.0 Å². The predicted molar refractivity (Wildman–Crippen MR) is 69.6 cm³/mol. The molecule has 0 aliphatic rings. The first-order valence-electron chi connectivity index (χ1n) is 5.54. The van der Waals surface area contributed by atoms with Crippen LogP contribution in [0.4, 0.5) is 14.5 Å². The highest BCUT2D eigenvalue weighted by Crippen LogP contribution is 2.20. The van der Waals surface area contributed by atoms with Crippen molar-refractivity contribution in [1.29, 1.82) is 0 Å². The number of halogens is 2. The Balaban J connectivity index is 2.18. The molecule has 20 heavy (non-hydrogen) atoms. The summed E-state index contributed by atoms with van der Waals surface area (Å²) < 4.78 is 38.1. The second-order valence-electron chi connectivity index (χ2n) is 3.99. The van der Waals surface area contributed by atoms with Crippen molar-refractivity contribution >= 4 is 16.5 Å². The van der Waals surface area contributed by atoms with Gasteiger partial charge in [0.2, 0.25) is 5.82 Å². The first-order valence-corrected chi connectivity index (χ1v) is 6.86. The van der Waals surface area contributed by atoms with Crippen molar-refractivity contribution in [3.05, 3.63) is 69.8 Å². The normalized spacial score (nSPS) is 12.1. The van der Waals surface area contributed by atoms with Crippen LogP contribution in [0.2, 0.25) is 0 Å². The Bertz CT molecular complexity index is 674. The van der Waals surface area contributed by atoms with Crippen molar-refractivity contribution in [2.75, 3.05) is 0 Å². The first-order chi connectivity index (χ1) is 9.47. The van der Waals surface area contributed by atoms with Crippen LogP contribution in [0, 0.1) is 21.7 Å². The van der Waals surface area contributed by atoms with Crippen LogP contribution in [0.25, 0.3) is 0 Å². The minimum Gasteiger partial charge on any atom is -0.258 e. The average Bonchev–Trinajstić information content (AvgIpc) is 2.39. The lowest BCUT2D eigenvalue weighted by molar-refractivity contribution is -0.387. The molecule has 2 aromatic rings. The zero-order valence-corrected chi connectivity index (χ0v) is 10.9. The Morgan fingerprint density at radius 3 is 2.30 bits per heavy atom. The molecule has 0 heterocycles. The van der Waals surface area contributed by atoms with E-state index in [-0.39, 0.29) is 5.75 Å². The molecule has 2 rings (SSSR count). The zero-order chi connectivity index (χ0) is 14.7. The van der Waals surface area contributed by atoms with Gasteiger partial charge < -0.3 is 0 Å². The SMILES string of the molecule is O=[N+]([O-])c1ccc(CS(=O)c2ccc(F)cc2)cc1F. The summed E-state index contributed by atoms with van der Waals surface area (Å²) in [7, 11) is -1.47. The molecule has 1 atom stereocenters. The van der Waals surface area contributed by atoms with E-state index >= 15 is 0 Å². The highest BCUT2D eigenvalue weighted by atomic mass is 32.2. The molecule has 0 saturated carbocycles. The molecule has 0 aromatic heterocycles. The molecule has 1 unspecified atom stereocenters. The Morgan fingerprint density at radius 2 is 1.75 bits per heavy atom. The lowest BCUT2D eigenvalue weighted by Crippen LogP contribution is -1.99. The Morgan fingerprint density at radius 1 is 1.10 bits per heavy atom. The van der Waals surface area contributed by atoms with E-state index in [4.69, 9.17) is 0 Å². The highest BCUT2D eigenvalue weighted by Gasteiger charge is 2.15. The van der Waals surface area contributed by atoms with E-state index in [0.717, 1.165) is 12.1 Å². The van der Waals surface area contributed by atoms with Crippen LogP contribution in [0.15, 0.2) is 47.4 Å².